The molecule has 0 aromatic carbocycles. The molecule has 11 rings (SSSR count). The Bertz CT molecular complexity index is 2220. The monoisotopic (exact) mass is 1190 g/mol. The Morgan fingerprint density at radius 3 is 1.80 bits per heavy atom. The van der Waals surface area contributed by atoms with E-state index in [9.17, 15) is 76.6 Å². The van der Waals surface area contributed by atoms with Crippen LogP contribution in [0.3, 0.4) is 0 Å². The number of allylic oxidation sites excluding steroid dienone is 1. The minimum absolute atomic E-state index is 0.0732. The predicted molar refractivity (Wildman–Crippen MR) is 280 cm³/mol. The van der Waals surface area contributed by atoms with E-state index in [2.05, 4.69) is 38.7 Å². The summed E-state index contributed by atoms with van der Waals surface area (Å²) in [5, 5.41) is 163. The van der Waals surface area contributed by atoms with Gasteiger partial charge in [0.2, 0.25) is 0 Å². The number of hydrogen-bond acceptors (Lipinski definition) is 26. The van der Waals surface area contributed by atoms with Crippen LogP contribution in [-0.2, 0) is 47.4 Å². The van der Waals surface area contributed by atoms with Gasteiger partial charge in [0, 0.05) is 18.6 Å². The zero-order valence-corrected chi connectivity index (χ0v) is 47.8. The van der Waals surface area contributed by atoms with Crippen LogP contribution in [-0.4, -0.2) is 286 Å². The van der Waals surface area contributed by atoms with Gasteiger partial charge in [0.05, 0.1) is 38.6 Å². The standard InChI is InChI=1S/C57H93NO25/c1-21-6-9-29-22(2)35-30(58(29)16-21)15-28-26-8-7-24-14-25(10-12-56(24,4)27(26)11-13-57(28,35)5)76-55-50(83-52-44(70)40(66)36(62)23(3)75-52)46(72)48(33(19-61)79-55)81-54-47(73)49(39(65)32(18-60)78-54)82-53-45(71)42(68)38(64)34(80-53)20-74-51-43(69)41(67)37(63)31(17-59)77-51/h7,21-23,25-55,59-73H,6,8-20H2,1-5H3/t21?,22?,23-,25?,26?,27?,28?,29?,30?,31+,32+,33+,34+,35?,36-,37+,38+,39+,40+,41-,42-,43+,44+,45+,46-,47+,48+,49-,50+,51-,52-,53-,54-,55+,56?,57?/m0/s1. The number of fused-ring (bicyclic) bond motifs is 9. The molecule has 0 spiro atoms. The van der Waals surface area contributed by atoms with Crippen molar-refractivity contribution in [1.29, 1.82) is 0 Å². The van der Waals surface area contributed by atoms with E-state index in [-0.39, 0.29) is 5.41 Å². The average molecular weight is 1190 g/mol. The fourth-order valence-corrected chi connectivity index (χ4v) is 17.6. The normalized spacial score (nSPS) is 56.5. The Hall–Kier alpha value is -1.30. The molecule has 3 saturated carbocycles. The van der Waals surface area contributed by atoms with Gasteiger partial charge in [-0.05, 0) is 111 Å². The van der Waals surface area contributed by atoms with Crippen LogP contribution in [0.25, 0.3) is 0 Å². The van der Waals surface area contributed by atoms with Gasteiger partial charge in [-0.1, -0.05) is 39.3 Å². The van der Waals surface area contributed by atoms with Crippen LogP contribution in [0.1, 0.15) is 92.4 Å². The van der Waals surface area contributed by atoms with E-state index in [1.807, 2.05) is 0 Å². The van der Waals surface area contributed by atoms with Crippen LogP contribution >= 0.6 is 0 Å². The highest BCUT2D eigenvalue weighted by atomic mass is 16.8. The maximum atomic E-state index is 12.5. The second-order valence-corrected chi connectivity index (χ2v) is 26.9. The van der Waals surface area contributed by atoms with Crippen molar-refractivity contribution in [1.82, 2.24) is 4.90 Å². The van der Waals surface area contributed by atoms with E-state index in [0.717, 1.165) is 25.2 Å². The molecule has 7 aliphatic heterocycles. The summed E-state index contributed by atoms with van der Waals surface area (Å²) in [7, 11) is 0. The second-order valence-electron chi connectivity index (χ2n) is 26.9. The van der Waals surface area contributed by atoms with Crippen LogP contribution < -0.4 is 0 Å². The lowest BCUT2D eigenvalue weighted by molar-refractivity contribution is -0.397. The smallest absolute Gasteiger partial charge is 0.187 e. The molecule has 26 nitrogen and oxygen atoms in total. The molecule has 83 heavy (non-hydrogen) atoms. The Balaban J connectivity index is 0.789. The Morgan fingerprint density at radius 2 is 1.10 bits per heavy atom. The summed E-state index contributed by atoms with van der Waals surface area (Å²) < 4.78 is 59.8. The summed E-state index contributed by atoms with van der Waals surface area (Å²) in [5.74, 6) is 3.82. The molecule has 11 unspecified atom stereocenters. The van der Waals surface area contributed by atoms with Crippen molar-refractivity contribution in [2.75, 3.05) is 33.0 Å². The highest BCUT2D eigenvalue weighted by molar-refractivity contribution is 5.27. The van der Waals surface area contributed by atoms with Crippen molar-refractivity contribution < 1.29 is 124 Å². The number of rotatable bonds is 14. The molecule has 0 bridgehead atoms. The van der Waals surface area contributed by atoms with Crippen LogP contribution in [0.2, 0.25) is 0 Å². The van der Waals surface area contributed by atoms with Crippen LogP contribution in [0.5, 0.6) is 0 Å². The Labute approximate surface area is 482 Å². The van der Waals surface area contributed by atoms with Gasteiger partial charge in [0.25, 0.3) is 0 Å². The first-order chi connectivity index (χ1) is 39.4. The third kappa shape index (κ3) is 11.2. The second kappa shape index (κ2) is 24.8. The van der Waals surface area contributed by atoms with Crippen molar-refractivity contribution >= 4 is 0 Å². The quantitative estimate of drug-likeness (QED) is 0.0734. The number of aliphatic hydroxyl groups is 15. The zero-order chi connectivity index (χ0) is 59.5. The summed E-state index contributed by atoms with van der Waals surface area (Å²) in [6.07, 6.45) is -32.3. The molecule has 0 amide bonds. The molecule has 7 saturated heterocycles. The van der Waals surface area contributed by atoms with E-state index in [0.29, 0.717) is 59.9 Å². The summed E-state index contributed by atoms with van der Waals surface area (Å²) in [4.78, 5) is 2.91. The molecular weight excluding hydrogens is 1100 g/mol. The van der Waals surface area contributed by atoms with E-state index >= 15 is 0 Å². The lowest BCUT2D eigenvalue weighted by atomic mass is 9.47. The van der Waals surface area contributed by atoms with Crippen molar-refractivity contribution in [3.05, 3.63) is 11.6 Å². The van der Waals surface area contributed by atoms with Crippen LogP contribution in [0.15, 0.2) is 11.6 Å². The Kier molecular flexibility index (Phi) is 18.9. The molecule has 4 aliphatic carbocycles. The summed E-state index contributed by atoms with van der Waals surface area (Å²) in [6, 6.07) is 1.33. The van der Waals surface area contributed by atoms with Crippen LogP contribution in [0, 0.1) is 46.3 Å². The molecule has 0 aromatic rings. The third-order valence-corrected chi connectivity index (χ3v) is 22.2. The van der Waals surface area contributed by atoms with Crippen molar-refractivity contribution in [2.24, 2.45) is 46.3 Å². The number of aliphatic hydroxyl groups excluding tert-OH is 15. The van der Waals surface area contributed by atoms with E-state index in [1.54, 1.807) is 0 Å². The summed E-state index contributed by atoms with van der Waals surface area (Å²) in [6.45, 7) is 9.36. The summed E-state index contributed by atoms with van der Waals surface area (Å²) in [5.41, 5.74) is 1.52. The van der Waals surface area contributed by atoms with E-state index in [1.165, 1.54) is 44.7 Å². The van der Waals surface area contributed by atoms with Crippen molar-refractivity contribution in [3.63, 3.8) is 0 Å². The molecule has 476 valence electrons. The van der Waals surface area contributed by atoms with Crippen molar-refractivity contribution in [3.8, 4) is 0 Å². The molecule has 0 radical (unpaired) electrons. The summed E-state index contributed by atoms with van der Waals surface area (Å²) >= 11 is 0. The highest BCUT2D eigenvalue weighted by Gasteiger charge is 2.67. The van der Waals surface area contributed by atoms with E-state index in [4.69, 9.17) is 47.4 Å². The molecule has 7 heterocycles. The first-order valence-electron chi connectivity index (χ1n) is 30.4. The van der Waals surface area contributed by atoms with Gasteiger partial charge in [-0.15, -0.1) is 0 Å². The van der Waals surface area contributed by atoms with Crippen molar-refractivity contribution in [2.45, 2.75) is 264 Å². The molecule has 11 aliphatic rings. The maximum Gasteiger partial charge on any atom is 0.187 e. The minimum Gasteiger partial charge on any atom is -0.394 e. The van der Waals surface area contributed by atoms with Gasteiger partial charge in [0.15, 0.2) is 31.5 Å². The molecule has 26 heteroatoms. The maximum absolute atomic E-state index is 12.5. The van der Waals surface area contributed by atoms with Gasteiger partial charge in [0.1, 0.15) is 116 Å². The molecule has 15 N–H and O–H groups in total. The SMILES string of the molecule is CC1CCC2C(C)C3C(CC4C5CC=C6CC(O[C@@H]7O[C@H](CO)[C@@H](O[C@@H]8O[C@H](CO)[C@@H](O)[C@H](O[C@@H]9O[C@H](CO[C@H]%10O[C@H](CO)[C@@H](O)[C@H](O)[C@H]%10O)[C@@H](O)[C@H](O)[C@H]9O)[C@H]8O)[C@H](O)[C@H]7O[C@@H]7O[C@@H](C)[C@H](O)[C@@H](O)[C@H]7O)CCC6(C)C5CCC43C)N2C1. The number of ether oxygens (including phenoxy) is 10. The van der Waals surface area contributed by atoms with E-state index < -0.39 is 186 Å². The predicted octanol–water partition coefficient (Wildman–Crippen LogP) is -4.20. The molecule has 0 aromatic heterocycles. The number of hydrogen-bond donors (Lipinski definition) is 15. The third-order valence-electron chi connectivity index (χ3n) is 22.2. The lowest BCUT2D eigenvalue weighted by Gasteiger charge is -2.58. The Morgan fingerprint density at radius 1 is 0.518 bits per heavy atom. The highest BCUT2D eigenvalue weighted by Crippen LogP contribution is 2.70. The fraction of sp³-hybridized carbons (Fsp3) is 0.965. The lowest BCUT2D eigenvalue weighted by Crippen LogP contribution is -2.68. The average Bonchev–Trinajstić information content (AvgIpc) is 2.41. The molecule has 10 fully saturated rings. The van der Waals surface area contributed by atoms with Gasteiger partial charge in [-0.2, -0.15) is 0 Å². The topological polar surface area (TPSA) is 399 Å². The fourth-order valence-electron chi connectivity index (χ4n) is 17.6. The molecule has 36 atom stereocenters. The zero-order valence-electron chi connectivity index (χ0n) is 47.8. The minimum atomic E-state index is -2.10. The first-order valence-corrected chi connectivity index (χ1v) is 30.4. The van der Waals surface area contributed by atoms with Gasteiger partial charge in [-0.25, -0.2) is 0 Å². The number of nitrogens with zero attached hydrogens (tertiary/aromatic N) is 1. The first kappa shape index (κ1) is 63.3. The molecular formula is C57H93NO25. The van der Waals surface area contributed by atoms with Crippen LogP contribution in [0.4, 0.5) is 0 Å². The largest absolute Gasteiger partial charge is 0.394 e. The number of piperidine rings is 1. The van der Waals surface area contributed by atoms with Gasteiger partial charge < -0.3 is 124 Å². The van der Waals surface area contributed by atoms with Gasteiger partial charge >= 0.3 is 0 Å². The van der Waals surface area contributed by atoms with Gasteiger partial charge in [-0.3, -0.25) is 4.90 Å².